The van der Waals surface area contributed by atoms with Crippen molar-refractivity contribution in [1.29, 1.82) is 0 Å². The molecule has 168 valence electrons. The van der Waals surface area contributed by atoms with Crippen molar-refractivity contribution >= 4 is 5.52 Å². The van der Waals surface area contributed by atoms with Crippen LogP contribution in [0.5, 0.6) is 0 Å². The number of rotatable bonds is 4. The third kappa shape index (κ3) is 4.16. The Hall–Kier alpha value is -3.45. The SMILES string of the molecule is CC1=C[C@H](N)C[C@H](c2ccncc2Cc2ncc3ccc(-c4c(F)cc(C)cc4F)nn23)C1. The molecule has 2 N–H and O–H groups in total. The highest BCUT2D eigenvalue weighted by Gasteiger charge is 2.23. The molecule has 5 rings (SSSR count). The van der Waals surface area contributed by atoms with Gasteiger partial charge >= 0.3 is 0 Å². The lowest BCUT2D eigenvalue weighted by molar-refractivity contribution is 0.541. The van der Waals surface area contributed by atoms with Gasteiger partial charge in [0.15, 0.2) is 0 Å². The Kier molecular flexibility index (Phi) is 5.50. The molecule has 0 aliphatic heterocycles. The first kappa shape index (κ1) is 21.4. The molecule has 0 saturated carbocycles. The van der Waals surface area contributed by atoms with Gasteiger partial charge in [-0.05, 0) is 79.6 Å². The highest BCUT2D eigenvalue weighted by Crippen LogP contribution is 2.34. The van der Waals surface area contributed by atoms with Crippen molar-refractivity contribution in [3.05, 3.63) is 94.7 Å². The molecule has 1 aliphatic carbocycles. The zero-order chi connectivity index (χ0) is 23.1. The van der Waals surface area contributed by atoms with Crippen molar-refractivity contribution in [2.24, 2.45) is 5.73 Å². The minimum absolute atomic E-state index is 0.0422. The minimum atomic E-state index is -0.632. The number of allylic oxidation sites excluding steroid dienone is 1. The summed E-state index contributed by atoms with van der Waals surface area (Å²) in [5, 5.41) is 4.54. The molecule has 1 aliphatic rings. The van der Waals surface area contributed by atoms with Gasteiger partial charge in [0.05, 0.1) is 23.0 Å². The molecule has 0 radical (unpaired) electrons. The summed E-state index contributed by atoms with van der Waals surface area (Å²) < 4.78 is 30.8. The van der Waals surface area contributed by atoms with Crippen LogP contribution in [0.25, 0.3) is 16.8 Å². The van der Waals surface area contributed by atoms with Crippen LogP contribution in [0.15, 0.2) is 60.6 Å². The standard InChI is InChI=1S/C26H25F2N5/c1-15-7-17(11-19(29)8-15)21-5-6-30-13-18(21)12-25-31-14-20-3-4-24(32-33(20)25)26-22(27)9-16(2)10-23(26)28/h3-6,8-10,13-14,17,19H,7,11-12,29H2,1-2H3/t17-,19+/m1/s1. The maximum atomic E-state index is 14.6. The molecule has 4 aromatic rings. The number of halogens is 2. The normalized spacial score (nSPS) is 18.5. The second-order valence-corrected chi connectivity index (χ2v) is 8.90. The van der Waals surface area contributed by atoms with Gasteiger partial charge in [0.25, 0.3) is 0 Å². The first-order valence-corrected chi connectivity index (χ1v) is 11.0. The topological polar surface area (TPSA) is 69.1 Å². The Balaban J connectivity index is 1.53. The van der Waals surface area contributed by atoms with Crippen LogP contribution in [-0.2, 0) is 6.42 Å². The molecular weight excluding hydrogens is 420 g/mol. The third-order valence-electron chi connectivity index (χ3n) is 6.25. The van der Waals surface area contributed by atoms with E-state index in [2.05, 4.69) is 34.1 Å². The summed E-state index contributed by atoms with van der Waals surface area (Å²) in [7, 11) is 0. The minimum Gasteiger partial charge on any atom is -0.324 e. The lowest BCUT2D eigenvalue weighted by Gasteiger charge is -2.27. The number of nitrogens with two attached hydrogens (primary N) is 1. The molecule has 3 aromatic heterocycles. The van der Waals surface area contributed by atoms with Crippen molar-refractivity contribution < 1.29 is 8.78 Å². The quantitative estimate of drug-likeness (QED) is 0.443. The number of hydrogen-bond acceptors (Lipinski definition) is 4. The van der Waals surface area contributed by atoms with Crippen LogP contribution in [0.2, 0.25) is 0 Å². The summed E-state index contributed by atoms with van der Waals surface area (Å²) in [4.78, 5) is 8.88. The number of pyridine rings is 1. The molecule has 3 heterocycles. The van der Waals surface area contributed by atoms with Gasteiger partial charge in [-0.1, -0.05) is 11.6 Å². The number of hydrogen-bond donors (Lipinski definition) is 1. The number of benzene rings is 1. The van der Waals surface area contributed by atoms with Crippen molar-refractivity contribution in [3.63, 3.8) is 0 Å². The van der Waals surface area contributed by atoms with E-state index in [-0.39, 0.29) is 17.3 Å². The fraction of sp³-hybridized carbons (Fsp3) is 0.269. The summed E-state index contributed by atoms with van der Waals surface area (Å²) in [5.41, 5.74) is 11.2. The Morgan fingerprint density at radius 2 is 1.88 bits per heavy atom. The van der Waals surface area contributed by atoms with E-state index in [1.165, 1.54) is 23.3 Å². The lowest BCUT2D eigenvalue weighted by Crippen LogP contribution is -2.25. The van der Waals surface area contributed by atoms with E-state index < -0.39 is 11.6 Å². The van der Waals surface area contributed by atoms with Crippen molar-refractivity contribution in [2.75, 3.05) is 0 Å². The van der Waals surface area contributed by atoms with Gasteiger partial charge in [-0.25, -0.2) is 18.3 Å². The van der Waals surface area contributed by atoms with E-state index >= 15 is 0 Å². The van der Waals surface area contributed by atoms with Crippen LogP contribution in [-0.4, -0.2) is 25.6 Å². The predicted octanol–water partition coefficient (Wildman–Crippen LogP) is 5.12. The number of aromatic nitrogens is 4. The second kappa shape index (κ2) is 8.48. The van der Waals surface area contributed by atoms with E-state index in [4.69, 9.17) is 5.73 Å². The van der Waals surface area contributed by atoms with Gasteiger partial charge in [-0.15, -0.1) is 0 Å². The predicted molar refractivity (Wildman–Crippen MR) is 124 cm³/mol. The molecule has 2 atom stereocenters. The van der Waals surface area contributed by atoms with E-state index in [1.54, 1.807) is 36.0 Å². The fourth-order valence-corrected chi connectivity index (χ4v) is 4.83. The number of imidazole rings is 1. The van der Waals surface area contributed by atoms with Crippen LogP contribution in [0.1, 0.15) is 48.2 Å². The molecule has 0 unspecified atom stereocenters. The summed E-state index contributed by atoms with van der Waals surface area (Å²) in [6, 6.07) is 8.11. The van der Waals surface area contributed by atoms with Gasteiger partial charge in [0.1, 0.15) is 17.5 Å². The van der Waals surface area contributed by atoms with Crippen LogP contribution in [0.4, 0.5) is 8.78 Å². The number of fused-ring (bicyclic) bond motifs is 1. The first-order valence-electron chi connectivity index (χ1n) is 11.0. The highest BCUT2D eigenvalue weighted by molar-refractivity contribution is 5.63. The monoisotopic (exact) mass is 445 g/mol. The average molecular weight is 446 g/mol. The Morgan fingerprint density at radius 3 is 2.64 bits per heavy atom. The maximum Gasteiger partial charge on any atom is 0.135 e. The molecule has 7 heteroatoms. The summed E-state index contributed by atoms with van der Waals surface area (Å²) in [6.45, 7) is 3.77. The molecular formula is C26H25F2N5. The van der Waals surface area contributed by atoms with Gasteiger partial charge in [-0.3, -0.25) is 4.98 Å². The number of aryl methyl sites for hydroxylation is 1. The Bertz CT molecular complexity index is 1350. The van der Waals surface area contributed by atoms with E-state index in [0.717, 1.165) is 23.9 Å². The Morgan fingerprint density at radius 1 is 1.09 bits per heavy atom. The zero-order valence-electron chi connectivity index (χ0n) is 18.6. The molecule has 0 saturated heterocycles. The molecule has 0 amide bonds. The fourth-order valence-electron chi connectivity index (χ4n) is 4.83. The van der Waals surface area contributed by atoms with Gasteiger partial charge in [0, 0.05) is 24.9 Å². The van der Waals surface area contributed by atoms with E-state index in [0.29, 0.717) is 23.7 Å². The molecule has 33 heavy (non-hydrogen) atoms. The maximum absolute atomic E-state index is 14.6. The summed E-state index contributed by atoms with van der Waals surface area (Å²) in [6.07, 6.45) is 9.86. The van der Waals surface area contributed by atoms with Crippen molar-refractivity contribution in [3.8, 4) is 11.3 Å². The van der Waals surface area contributed by atoms with Gasteiger partial charge < -0.3 is 5.73 Å². The molecule has 0 fully saturated rings. The van der Waals surface area contributed by atoms with Crippen LogP contribution in [0.3, 0.4) is 0 Å². The van der Waals surface area contributed by atoms with Gasteiger partial charge in [-0.2, -0.15) is 5.10 Å². The highest BCUT2D eigenvalue weighted by atomic mass is 19.1. The number of nitrogens with zero attached hydrogens (tertiary/aromatic N) is 4. The summed E-state index contributed by atoms with van der Waals surface area (Å²) in [5.74, 6) is -0.268. The van der Waals surface area contributed by atoms with Crippen molar-refractivity contribution in [1.82, 2.24) is 19.6 Å². The zero-order valence-corrected chi connectivity index (χ0v) is 18.6. The molecule has 0 spiro atoms. The smallest absolute Gasteiger partial charge is 0.135 e. The second-order valence-electron chi connectivity index (χ2n) is 8.90. The average Bonchev–Trinajstić information content (AvgIpc) is 3.15. The Labute approximate surface area is 191 Å². The summed E-state index contributed by atoms with van der Waals surface area (Å²) >= 11 is 0. The lowest BCUT2D eigenvalue weighted by atomic mass is 9.80. The largest absolute Gasteiger partial charge is 0.324 e. The van der Waals surface area contributed by atoms with Crippen LogP contribution >= 0.6 is 0 Å². The van der Waals surface area contributed by atoms with Crippen molar-refractivity contribution in [2.45, 2.75) is 45.1 Å². The van der Waals surface area contributed by atoms with E-state index in [1.807, 2.05) is 6.20 Å². The first-order chi connectivity index (χ1) is 15.9. The van der Waals surface area contributed by atoms with Gasteiger partial charge in [0.2, 0.25) is 0 Å². The van der Waals surface area contributed by atoms with Crippen LogP contribution < -0.4 is 5.73 Å². The molecule has 0 bridgehead atoms. The third-order valence-corrected chi connectivity index (χ3v) is 6.25. The van der Waals surface area contributed by atoms with Crippen LogP contribution in [0, 0.1) is 18.6 Å². The van der Waals surface area contributed by atoms with E-state index in [9.17, 15) is 8.78 Å². The molecule has 5 nitrogen and oxygen atoms in total. The molecule has 1 aromatic carbocycles.